The highest BCUT2D eigenvalue weighted by Gasteiger charge is 2.07. The zero-order valence-corrected chi connectivity index (χ0v) is 11.9. The molecule has 2 heterocycles. The summed E-state index contributed by atoms with van der Waals surface area (Å²) in [4.78, 5) is 11.7. The minimum atomic E-state index is 0.406. The van der Waals surface area contributed by atoms with E-state index in [2.05, 4.69) is 15.0 Å². The first kappa shape index (κ1) is 13.0. The van der Waals surface area contributed by atoms with Crippen LogP contribution in [0, 0.1) is 4.77 Å². The van der Waals surface area contributed by atoms with E-state index in [1.165, 1.54) is 0 Å². The lowest BCUT2D eigenvalue weighted by Gasteiger charge is -2.06. The van der Waals surface area contributed by atoms with Gasteiger partial charge in [-0.05, 0) is 36.5 Å². The first-order valence-corrected chi connectivity index (χ1v) is 6.80. The summed E-state index contributed by atoms with van der Waals surface area (Å²) in [6.45, 7) is 0. The predicted octanol–water partition coefficient (Wildman–Crippen LogP) is 4.52. The Hall–Kier alpha value is -2.04. The highest BCUT2D eigenvalue weighted by Crippen LogP contribution is 2.27. The van der Waals surface area contributed by atoms with Gasteiger partial charge in [0.1, 0.15) is 0 Å². The molecule has 2 aromatic heterocycles. The van der Waals surface area contributed by atoms with Crippen LogP contribution >= 0.6 is 23.8 Å². The Labute approximate surface area is 126 Å². The maximum atomic E-state index is 6.21. The molecule has 0 saturated carbocycles. The van der Waals surface area contributed by atoms with Gasteiger partial charge in [-0.3, -0.25) is 4.98 Å². The molecule has 20 heavy (non-hydrogen) atoms. The molecule has 0 aliphatic rings. The van der Waals surface area contributed by atoms with Crippen molar-refractivity contribution in [3.63, 3.8) is 0 Å². The number of pyridine rings is 1. The van der Waals surface area contributed by atoms with Crippen LogP contribution in [0.4, 0.5) is 0 Å². The minimum absolute atomic E-state index is 0.406. The number of aromatic nitrogens is 3. The molecule has 0 fully saturated rings. The van der Waals surface area contributed by atoms with E-state index in [-0.39, 0.29) is 0 Å². The lowest BCUT2D eigenvalue weighted by molar-refractivity contribution is 1.13. The van der Waals surface area contributed by atoms with Crippen LogP contribution in [0.5, 0.6) is 0 Å². The lowest BCUT2D eigenvalue weighted by Crippen LogP contribution is -1.93. The van der Waals surface area contributed by atoms with E-state index in [1.54, 1.807) is 6.20 Å². The summed E-state index contributed by atoms with van der Waals surface area (Å²) < 4.78 is 0.406. The highest BCUT2D eigenvalue weighted by atomic mass is 35.5. The second-order valence-corrected chi connectivity index (χ2v) is 4.97. The zero-order chi connectivity index (χ0) is 13.9. The molecule has 1 N–H and O–H groups in total. The molecule has 0 bridgehead atoms. The summed E-state index contributed by atoms with van der Waals surface area (Å²) >= 11 is 11.4. The highest BCUT2D eigenvalue weighted by molar-refractivity contribution is 7.71. The van der Waals surface area contributed by atoms with Gasteiger partial charge >= 0.3 is 0 Å². The standard InChI is InChI=1S/C15H10ClN3S/c16-11-6-2-1-5-10(11)13-9-14(19-15(20)18-13)12-7-3-4-8-17-12/h1-9H,(H,18,19,20). The van der Waals surface area contributed by atoms with Gasteiger partial charge in [0.25, 0.3) is 0 Å². The van der Waals surface area contributed by atoms with Crippen molar-refractivity contribution in [2.45, 2.75) is 0 Å². The lowest BCUT2D eigenvalue weighted by atomic mass is 10.1. The molecule has 0 aliphatic carbocycles. The largest absolute Gasteiger partial charge is 0.329 e. The van der Waals surface area contributed by atoms with E-state index < -0.39 is 0 Å². The Kier molecular flexibility index (Phi) is 3.58. The van der Waals surface area contributed by atoms with Crippen LogP contribution in [0.1, 0.15) is 0 Å². The molecule has 3 nitrogen and oxygen atoms in total. The van der Waals surface area contributed by atoms with Crippen molar-refractivity contribution >= 4 is 23.8 Å². The van der Waals surface area contributed by atoms with E-state index in [0.29, 0.717) is 9.79 Å². The molecular weight excluding hydrogens is 290 g/mol. The monoisotopic (exact) mass is 299 g/mol. The maximum Gasteiger partial charge on any atom is 0.197 e. The molecule has 0 amide bonds. The van der Waals surface area contributed by atoms with E-state index in [4.69, 9.17) is 23.8 Å². The molecule has 0 spiro atoms. The Morgan fingerprint density at radius 3 is 2.55 bits per heavy atom. The molecule has 5 heteroatoms. The molecule has 0 unspecified atom stereocenters. The molecule has 98 valence electrons. The normalized spacial score (nSPS) is 10.4. The van der Waals surface area contributed by atoms with Crippen molar-refractivity contribution in [3.8, 4) is 22.6 Å². The van der Waals surface area contributed by atoms with Gasteiger partial charge in [-0.15, -0.1) is 0 Å². The molecule has 3 aromatic rings. The SMILES string of the molecule is S=c1nc(-c2ccccc2Cl)cc(-c2ccccn2)[nH]1. The molecule has 3 rings (SSSR count). The first-order valence-electron chi connectivity index (χ1n) is 6.02. The predicted molar refractivity (Wildman–Crippen MR) is 83.1 cm³/mol. The Morgan fingerprint density at radius 1 is 1.00 bits per heavy atom. The van der Waals surface area contributed by atoms with Gasteiger partial charge in [-0.25, -0.2) is 4.98 Å². The van der Waals surface area contributed by atoms with Crippen molar-refractivity contribution in [1.82, 2.24) is 15.0 Å². The molecule has 0 aliphatic heterocycles. The minimum Gasteiger partial charge on any atom is -0.329 e. The van der Waals surface area contributed by atoms with Crippen LogP contribution in [0.3, 0.4) is 0 Å². The average molecular weight is 300 g/mol. The fraction of sp³-hybridized carbons (Fsp3) is 0. The van der Waals surface area contributed by atoms with Crippen molar-refractivity contribution in [2.24, 2.45) is 0 Å². The van der Waals surface area contributed by atoms with Crippen LogP contribution in [-0.2, 0) is 0 Å². The molecule has 0 atom stereocenters. The first-order chi connectivity index (χ1) is 9.74. The summed E-state index contributed by atoms with van der Waals surface area (Å²) in [6.07, 6.45) is 1.74. The van der Waals surface area contributed by atoms with Gasteiger partial charge in [0.15, 0.2) is 4.77 Å². The zero-order valence-electron chi connectivity index (χ0n) is 10.4. The number of aromatic amines is 1. The van der Waals surface area contributed by atoms with Crippen LogP contribution < -0.4 is 0 Å². The number of nitrogens with zero attached hydrogens (tertiary/aromatic N) is 2. The second kappa shape index (κ2) is 5.53. The van der Waals surface area contributed by atoms with Crippen LogP contribution in [0.2, 0.25) is 5.02 Å². The van der Waals surface area contributed by atoms with Crippen molar-refractivity contribution in [1.29, 1.82) is 0 Å². The smallest absolute Gasteiger partial charge is 0.197 e. The number of hydrogen-bond donors (Lipinski definition) is 1. The van der Waals surface area contributed by atoms with Gasteiger partial charge in [0.2, 0.25) is 0 Å². The van der Waals surface area contributed by atoms with Crippen LogP contribution in [-0.4, -0.2) is 15.0 Å². The van der Waals surface area contributed by atoms with Crippen molar-refractivity contribution in [2.75, 3.05) is 0 Å². The summed E-state index contributed by atoms with van der Waals surface area (Å²) in [7, 11) is 0. The number of benzene rings is 1. The van der Waals surface area contributed by atoms with Crippen LogP contribution in [0.15, 0.2) is 54.7 Å². The van der Waals surface area contributed by atoms with E-state index >= 15 is 0 Å². The maximum absolute atomic E-state index is 6.21. The molecule has 0 radical (unpaired) electrons. The summed E-state index contributed by atoms with van der Waals surface area (Å²) in [5, 5.41) is 0.646. The van der Waals surface area contributed by atoms with E-state index in [1.807, 2.05) is 48.5 Å². The van der Waals surface area contributed by atoms with Gasteiger partial charge in [0, 0.05) is 16.8 Å². The van der Waals surface area contributed by atoms with Gasteiger partial charge in [-0.2, -0.15) is 0 Å². The summed E-state index contributed by atoms with van der Waals surface area (Å²) in [6, 6.07) is 15.2. The molecule has 1 aromatic carbocycles. The Morgan fingerprint density at radius 2 is 1.80 bits per heavy atom. The Balaban J connectivity index is 2.18. The van der Waals surface area contributed by atoms with Crippen molar-refractivity contribution in [3.05, 3.63) is 64.5 Å². The third kappa shape index (κ3) is 2.61. The van der Waals surface area contributed by atoms with Gasteiger partial charge < -0.3 is 4.98 Å². The van der Waals surface area contributed by atoms with Crippen LogP contribution in [0.25, 0.3) is 22.6 Å². The molecular formula is C15H10ClN3S. The number of rotatable bonds is 2. The fourth-order valence-corrected chi connectivity index (χ4v) is 2.37. The average Bonchev–Trinajstić information content (AvgIpc) is 2.48. The van der Waals surface area contributed by atoms with Gasteiger partial charge in [-0.1, -0.05) is 35.9 Å². The quantitative estimate of drug-likeness (QED) is 0.707. The fourth-order valence-electron chi connectivity index (χ4n) is 1.92. The molecule has 0 saturated heterocycles. The van der Waals surface area contributed by atoms with Gasteiger partial charge in [0.05, 0.1) is 17.1 Å². The number of nitrogens with one attached hydrogen (secondary N) is 1. The second-order valence-electron chi connectivity index (χ2n) is 4.18. The third-order valence-electron chi connectivity index (χ3n) is 2.84. The topological polar surface area (TPSA) is 41.6 Å². The van der Waals surface area contributed by atoms with Crippen molar-refractivity contribution < 1.29 is 0 Å². The number of halogens is 1. The number of H-pyrrole nitrogens is 1. The Bertz CT molecular complexity index is 799. The van der Waals surface area contributed by atoms with E-state index in [9.17, 15) is 0 Å². The summed E-state index contributed by atoms with van der Waals surface area (Å²) in [5.74, 6) is 0. The third-order valence-corrected chi connectivity index (χ3v) is 3.36. The number of hydrogen-bond acceptors (Lipinski definition) is 3. The van der Waals surface area contributed by atoms with E-state index in [0.717, 1.165) is 22.6 Å². The summed E-state index contributed by atoms with van der Waals surface area (Å²) in [5.41, 5.74) is 3.22.